The molecular weight excluding hydrogens is 216 g/mol. The standard InChI is InChI=1S/C12H12N4O/c13-9-10-1-3-11(4-2-10)17-8-7-16-6-5-12(14)15-16/h1-6H,7-8H2,(H2,14,15). The van der Waals surface area contributed by atoms with E-state index >= 15 is 0 Å². The van der Waals surface area contributed by atoms with Crippen LogP contribution in [0.3, 0.4) is 0 Å². The molecule has 0 saturated heterocycles. The Morgan fingerprint density at radius 3 is 2.65 bits per heavy atom. The summed E-state index contributed by atoms with van der Waals surface area (Å²) in [6.07, 6.45) is 1.80. The number of aromatic nitrogens is 2. The van der Waals surface area contributed by atoms with Gasteiger partial charge in [0.2, 0.25) is 0 Å². The summed E-state index contributed by atoms with van der Waals surface area (Å²) in [5, 5.41) is 12.7. The van der Waals surface area contributed by atoms with Crippen molar-refractivity contribution in [2.45, 2.75) is 6.54 Å². The molecule has 0 amide bonds. The van der Waals surface area contributed by atoms with Crippen LogP contribution in [-0.4, -0.2) is 16.4 Å². The average molecular weight is 228 g/mol. The van der Waals surface area contributed by atoms with E-state index in [2.05, 4.69) is 11.2 Å². The molecule has 17 heavy (non-hydrogen) atoms. The Labute approximate surface area is 99.0 Å². The zero-order valence-corrected chi connectivity index (χ0v) is 9.21. The molecule has 0 fully saturated rings. The molecule has 0 saturated carbocycles. The molecule has 1 aromatic heterocycles. The quantitative estimate of drug-likeness (QED) is 0.858. The van der Waals surface area contributed by atoms with Crippen molar-refractivity contribution in [2.24, 2.45) is 0 Å². The normalized spacial score (nSPS) is 9.82. The van der Waals surface area contributed by atoms with Crippen molar-refractivity contribution in [3.8, 4) is 11.8 Å². The lowest BCUT2D eigenvalue weighted by Gasteiger charge is -2.05. The minimum atomic E-state index is 0.503. The minimum absolute atomic E-state index is 0.503. The SMILES string of the molecule is N#Cc1ccc(OCCn2ccc(N)n2)cc1. The topological polar surface area (TPSA) is 76.9 Å². The maximum Gasteiger partial charge on any atom is 0.145 e. The fraction of sp³-hybridized carbons (Fsp3) is 0.167. The largest absolute Gasteiger partial charge is 0.492 e. The molecular formula is C12H12N4O. The summed E-state index contributed by atoms with van der Waals surface area (Å²) in [6.45, 7) is 1.14. The van der Waals surface area contributed by atoms with E-state index in [1.54, 1.807) is 41.2 Å². The number of nitrogens with two attached hydrogens (primary N) is 1. The molecule has 1 aromatic carbocycles. The van der Waals surface area contributed by atoms with Crippen LogP contribution in [0.1, 0.15) is 5.56 Å². The first kappa shape index (κ1) is 11.0. The highest BCUT2D eigenvalue weighted by Gasteiger charge is 1.97. The zero-order valence-electron chi connectivity index (χ0n) is 9.21. The van der Waals surface area contributed by atoms with E-state index in [0.29, 0.717) is 24.5 Å². The van der Waals surface area contributed by atoms with E-state index in [-0.39, 0.29) is 0 Å². The predicted molar refractivity (Wildman–Crippen MR) is 63.3 cm³/mol. The average Bonchev–Trinajstić information content (AvgIpc) is 2.76. The van der Waals surface area contributed by atoms with Crippen molar-refractivity contribution < 1.29 is 4.74 Å². The van der Waals surface area contributed by atoms with Crippen molar-refractivity contribution in [1.29, 1.82) is 5.26 Å². The van der Waals surface area contributed by atoms with Crippen LogP contribution < -0.4 is 10.5 Å². The molecule has 5 nitrogen and oxygen atoms in total. The second-order valence-corrected chi connectivity index (χ2v) is 3.49. The van der Waals surface area contributed by atoms with Gasteiger partial charge in [0.15, 0.2) is 0 Å². The second kappa shape index (κ2) is 5.03. The molecule has 0 atom stereocenters. The molecule has 0 unspecified atom stereocenters. The molecule has 1 heterocycles. The number of rotatable bonds is 4. The molecule has 0 spiro atoms. The number of nitrogens with zero attached hydrogens (tertiary/aromatic N) is 3. The van der Waals surface area contributed by atoms with Crippen LogP contribution in [0.4, 0.5) is 5.82 Å². The number of hydrogen-bond donors (Lipinski definition) is 1. The molecule has 2 N–H and O–H groups in total. The number of benzene rings is 1. The molecule has 2 rings (SSSR count). The highest BCUT2D eigenvalue weighted by atomic mass is 16.5. The molecule has 0 aliphatic rings. The number of nitrogen functional groups attached to an aromatic ring is 1. The summed E-state index contributed by atoms with van der Waals surface area (Å²) in [5.74, 6) is 1.24. The fourth-order valence-corrected chi connectivity index (χ4v) is 1.38. The van der Waals surface area contributed by atoms with E-state index in [0.717, 1.165) is 5.75 Å². The van der Waals surface area contributed by atoms with E-state index in [1.165, 1.54) is 0 Å². The van der Waals surface area contributed by atoms with Gasteiger partial charge in [-0.3, -0.25) is 4.68 Å². The van der Waals surface area contributed by atoms with Gasteiger partial charge in [-0.1, -0.05) is 0 Å². The third kappa shape index (κ3) is 2.98. The van der Waals surface area contributed by atoms with Gasteiger partial charge < -0.3 is 10.5 Å². The Morgan fingerprint density at radius 1 is 1.29 bits per heavy atom. The van der Waals surface area contributed by atoms with Gasteiger partial charge in [-0.05, 0) is 30.3 Å². The lowest BCUT2D eigenvalue weighted by atomic mass is 10.2. The summed E-state index contributed by atoms with van der Waals surface area (Å²) in [4.78, 5) is 0. The van der Waals surface area contributed by atoms with E-state index in [9.17, 15) is 0 Å². The summed E-state index contributed by atoms with van der Waals surface area (Å²) < 4.78 is 7.23. The monoisotopic (exact) mass is 228 g/mol. The zero-order chi connectivity index (χ0) is 12.1. The minimum Gasteiger partial charge on any atom is -0.492 e. The van der Waals surface area contributed by atoms with E-state index in [4.69, 9.17) is 15.7 Å². The third-order valence-corrected chi connectivity index (χ3v) is 2.23. The molecule has 0 aliphatic heterocycles. The van der Waals surface area contributed by atoms with Crippen molar-refractivity contribution in [3.05, 3.63) is 42.1 Å². The first-order valence-electron chi connectivity index (χ1n) is 5.20. The fourth-order valence-electron chi connectivity index (χ4n) is 1.38. The summed E-state index contributed by atoms with van der Waals surface area (Å²) in [5.41, 5.74) is 6.11. The van der Waals surface area contributed by atoms with Crippen LogP contribution in [0.15, 0.2) is 36.5 Å². The second-order valence-electron chi connectivity index (χ2n) is 3.49. The van der Waals surface area contributed by atoms with Crippen molar-refractivity contribution in [3.63, 3.8) is 0 Å². The van der Waals surface area contributed by atoms with Crippen molar-refractivity contribution >= 4 is 5.82 Å². The molecule has 2 aromatic rings. The van der Waals surface area contributed by atoms with Gasteiger partial charge in [0.05, 0.1) is 18.2 Å². The van der Waals surface area contributed by atoms with Crippen LogP contribution in [0.25, 0.3) is 0 Å². The Balaban J connectivity index is 1.84. The summed E-state index contributed by atoms with van der Waals surface area (Å²) in [6, 6.07) is 10.8. The van der Waals surface area contributed by atoms with Gasteiger partial charge in [-0.2, -0.15) is 10.4 Å². The lowest BCUT2D eigenvalue weighted by Crippen LogP contribution is -2.08. The number of hydrogen-bond acceptors (Lipinski definition) is 4. The Bertz CT molecular complexity index is 524. The van der Waals surface area contributed by atoms with Gasteiger partial charge in [0, 0.05) is 6.20 Å². The molecule has 0 radical (unpaired) electrons. The van der Waals surface area contributed by atoms with E-state index in [1.807, 2.05) is 0 Å². The first-order valence-corrected chi connectivity index (χ1v) is 5.20. The number of anilines is 1. The van der Waals surface area contributed by atoms with Crippen molar-refractivity contribution in [2.75, 3.05) is 12.3 Å². The maximum absolute atomic E-state index is 8.64. The van der Waals surface area contributed by atoms with Gasteiger partial charge in [-0.25, -0.2) is 0 Å². The Morgan fingerprint density at radius 2 is 2.06 bits per heavy atom. The summed E-state index contributed by atoms with van der Waals surface area (Å²) >= 11 is 0. The van der Waals surface area contributed by atoms with Gasteiger partial charge in [0.25, 0.3) is 0 Å². The highest BCUT2D eigenvalue weighted by Crippen LogP contribution is 2.11. The number of ether oxygens (including phenoxy) is 1. The van der Waals surface area contributed by atoms with Gasteiger partial charge in [-0.15, -0.1) is 0 Å². The van der Waals surface area contributed by atoms with Crippen LogP contribution >= 0.6 is 0 Å². The van der Waals surface area contributed by atoms with Crippen LogP contribution in [0, 0.1) is 11.3 Å². The summed E-state index contributed by atoms with van der Waals surface area (Å²) in [7, 11) is 0. The maximum atomic E-state index is 8.64. The van der Waals surface area contributed by atoms with Crippen LogP contribution in [0.2, 0.25) is 0 Å². The molecule has 0 aliphatic carbocycles. The number of nitriles is 1. The molecule has 5 heteroatoms. The highest BCUT2D eigenvalue weighted by molar-refractivity contribution is 5.34. The van der Waals surface area contributed by atoms with Crippen molar-refractivity contribution in [1.82, 2.24) is 9.78 Å². The van der Waals surface area contributed by atoms with Gasteiger partial charge >= 0.3 is 0 Å². The Kier molecular flexibility index (Phi) is 3.26. The predicted octanol–water partition coefficient (Wildman–Crippen LogP) is 1.42. The van der Waals surface area contributed by atoms with E-state index < -0.39 is 0 Å². The van der Waals surface area contributed by atoms with Crippen LogP contribution in [-0.2, 0) is 6.54 Å². The molecule has 86 valence electrons. The third-order valence-electron chi connectivity index (χ3n) is 2.23. The van der Waals surface area contributed by atoms with Gasteiger partial charge in [0.1, 0.15) is 18.2 Å². The van der Waals surface area contributed by atoms with Crippen LogP contribution in [0.5, 0.6) is 5.75 Å². The smallest absolute Gasteiger partial charge is 0.145 e. The lowest BCUT2D eigenvalue weighted by molar-refractivity contribution is 0.291. The Hall–Kier alpha value is -2.48. The first-order chi connectivity index (χ1) is 8.28. The molecule has 0 bridgehead atoms.